The van der Waals surface area contributed by atoms with Crippen LogP contribution in [0.1, 0.15) is 218 Å². The van der Waals surface area contributed by atoms with Crippen LogP contribution in [0.4, 0.5) is 0 Å². The summed E-state index contributed by atoms with van der Waals surface area (Å²) in [7, 11) is 0. The fraction of sp³-hybridized carbons (Fsp3) is 0.826. The molecule has 0 aromatic heterocycles. The Morgan fingerprint density at radius 1 is 0.270 bits per heavy atom. The number of rotatable bonds is 45. The van der Waals surface area contributed by atoms with Gasteiger partial charge in [-0.25, -0.2) is 0 Å². The van der Waals surface area contributed by atoms with Gasteiger partial charge in [-0.2, -0.15) is 0 Å². The largest absolute Gasteiger partial charge is 0.369 e. The smallest absolute Gasteiger partial charge is 0.242 e. The van der Waals surface area contributed by atoms with E-state index in [0.717, 1.165) is 0 Å². The molecular weight excluding hydrogens is 1570 g/mol. The van der Waals surface area contributed by atoms with Crippen LogP contribution in [0.15, 0.2) is 0 Å². The van der Waals surface area contributed by atoms with Gasteiger partial charge in [-0.05, 0) is 151 Å². The van der Waals surface area contributed by atoms with Crippen LogP contribution >= 0.6 is 0 Å². The van der Waals surface area contributed by atoms with E-state index in [4.69, 9.17) is 17.2 Å². The number of nitrogens with one attached hydrogen (secondary N) is 18. The fourth-order valence-electron chi connectivity index (χ4n) is 19.0. The van der Waals surface area contributed by atoms with Gasteiger partial charge >= 0.3 is 0 Å². The lowest BCUT2D eigenvalue weighted by Gasteiger charge is -2.30. The third-order valence-electron chi connectivity index (χ3n) is 25.6. The molecule has 15 amide bonds. The highest BCUT2D eigenvalue weighted by atomic mass is 16.2. The van der Waals surface area contributed by atoms with Gasteiger partial charge in [0.1, 0.15) is 42.3 Å². The van der Waals surface area contributed by atoms with E-state index in [1.54, 1.807) is 0 Å². The van der Waals surface area contributed by atoms with Gasteiger partial charge in [0.15, 0.2) is 0 Å². The highest BCUT2D eigenvalue weighted by Gasteiger charge is 2.47. The van der Waals surface area contributed by atoms with Gasteiger partial charge in [0.2, 0.25) is 88.6 Å². The lowest BCUT2D eigenvalue weighted by molar-refractivity contribution is -0.135. The summed E-state index contributed by atoms with van der Waals surface area (Å²) >= 11 is 0. The van der Waals surface area contributed by atoms with E-state index in [9.17, 15) is 71.9 Å². The van der Waals surface area contributed by atoms with Gasteiger partial charge in [-0.1, -0.05) is 109 Å². The van der Waals surface area contributed by atoms with Gasteiger partial charge in [0, 0.05) is 82.6 Å². The molecule has 23 atom stereocenters. The van der Waals surface area contributed by atoms with Crippen LogP contribution < -0.4 is 113 Å². The van der Waals surface area contributed by atoms with E-state index < -0.39 is 215 Å². The van der Waals surface area contributed by atoms with Crippen LogP contribution in [0.2, 0.25) is 0 Å². The van der Waals surface area contributed by atoms with Crippen molar-refractivity contribution in [3.05, 3.63) is 0 Å². The Balaban J connectivity index is 0.827. The fourth-order valence-corrected chi connectivity index (χ4v) is 19.0. The minimum atomic E-state index is -1.04. The molecule has 0 aromatic carbocycles. The van der Waals surface area contributed by atoms with Gasteiger partial charge in [0.05, 0.1) is 65.5 Å². The summed E-state index contributed by atoms with van der Waals surface area (Å²) in [5.74, 6) is -12.5. The number of carbonyl (C=O) groups excluding carboxylic acids is 15. The lowest BCUT2D eigenvalue weighted by Crippen LogP contribution is -2.58. The summed E-state index contributed by atoms with van der Waals surface area (Å²) in [6, 6.07) is -11.7. The summed E-state index contributed by atoms with van der Waals surface area (Å²) in [6.07, 6.45) is 9.12. The first-order valence-corrected chi connectivity index (χ1v) is 45.7. The van der Waals surface area contributed by atoms with E-state index >= 15 is 0 Å². The van der Waals surface area contributed by atoms with Crippen molar-refractivity contribution in [2.75, 3.05) is 58.9 Å². The number of hydrogen-bond donors (Lipinski definition) is 21. The maximum atomic E-state index is 14.6. The van der Waals surface area contributed by atoms with Crippen molar-refractivity contribution in [3.63, 3.8) is 0 Å². The van der Waals surface area contributed by atoms with Crippen molar-refractivity contribution in [1.82, 2.24) is 95.7 Å². The summed E-state index contributed by atoms with van der Waals surface area (Å²) in [4.78, 5) is 212. The van der Waals surface area contributed by atoms with E-state index in [1.807, 2.05) is 83.1 Å². The highest BCUT2D eigenvalue weighted by Crippen LogP contribution is 2.32. The molecule has 24 N–H and O–H groups in total. The molecule has 4 aliphatic carbocycles. The van der Waals surface area contributed by atoms with Crippen molar-refractivity contribution in [2.45, 2.75) is 309 Å². The predicted molar refractivity (Wildman–Crippen MR) is 459 cm³/mol. The van der Waals surface area contributed by atoms with Crippen LogP contribution in [0.25, 0.3) is 0 Å². The third-order valence-corrected chi connectivity index (χ3v) is 25.6. The first kappa shape index (κ1) is 99.2. The molecule has 0 radical (unpaired) electrons. The van der Waals surface area contributed by atoms with Crippen molar-refractivity contribution in [1.29, 1.82) is 0 Å². The first-order valence-electron chi connectivity index (χ1n) is 45.7. The minimum Gasteiger partial charge on any atom is -0.369 e. The molecule has 36 nitrogen and oxygen atoms in total. The minimum absolute atomic E-state index is 0.0229. The topological polar surface area (TPSA) is 551 Å². The standard InChI is InChI=1S/C86H149N21O15/c1-43(2)29-63(102-77(113)53-35-90-39-57(53)88)81(117)96-60-26-17-21-51(60)75(111)100-67(33-47(9)10)85(121)107-71-42-93-38-56(71)79(115)104-65(31-45(5)6)83(119)97-61-27-18-22-52(61)76(112)101-68(34-48(11)12)86(122)106-70-41-92-37-55(70)78(114)103-64(30-44(3)4)82(118)95-59-25-15-19-49(59)73(109)98-62(23-13-14-28-87)80(116)94-58-24-16-20-50(58)74(110)99-66(32-46(7)8)84(120)105-69-40-91-36-54(69)72(89)108/h43-71,90-93H,13-42,87-88H2,1-12H3,(H2,89,108)(H,94,116)(H,95,118)(H,96,117)(H,97,119)(H,98,109)(H,99,110)(H,100,111)(H,101,112)(H,102,113)(H,103,114)(H,104,115)(H,105,120)(H,106,122)(H,107,121)/t49-,50-,51-,52-,53-,54-,55-,56-,57-,58-,59-,60-,61-,62-,63-,64-,65-,66-,67-,68-,69-,70-,71-/m0/s1. The van der Waals surface area contributed by atoms with E-state index in [-0.39, 0.29) is 106 Å². The highest BCUT2D eigenvalue weighted by molar-refractivity contribution is 5.96. The molecule has 0 bridgehead atoms. The van der Waals surface area contributed by atoms with Gasteiger partial charge in [-0.15, -0.1) is 0 Å². The average molecular weight is 1720 g/mol. The van der Waals surface area contributed by atoms with E-state index in [2.05, 4.69) is 95.7 Å². The Morgan fingerprint density at radius 2 is 0.492 bits per heavy atom. The second-order valence-corrected chi connectivity index (χ2v) is 38.6. The molecule has 0 spiro atoms. The zero-order chi connectivity index (χ0) is 89.3. The molecule has 122 heavy (non-hydrogen) atoms. The molecule has 4 saturated heterocycles. The number of amides is 15. The van der Waals surface area contributed by atoms with Crippen molar-refractivity contribution < 1.29 is 71.9 Å². The van der Waals surface area contributed by atoms with Crippen LogP contribution in [0.5, 0.6) is 0 Å². The van der Waals surface area contributed by atoms with E-state index in [0.29, 0.717) is 135 Å². The normalized spacial score (nSPS) is 28.0. The predicted octanol–water partition coefficient (Wildman–Crippen LogP) is -1.93. The second-order valence-electron chi connectivity index (χ2n) is 38.6. The number of primary amides is 1. The molecule has 0 aromatic rings. The molecule has 8 rings (SSSR count). The van der Waals surface area contributed by atoms with Crippen LogP contribution in [0, 0.1) is 82.9 Å². The Kier molecular flexibility index (Phi) is 38.9. The summed E-state index contributed by atoms with van der Waals surface area (Å²) in [6.45, 7) is 25.8. The number of nitrogens with two attached hydrogens (primary N) is 3. The first-order chi connectivity index (χ1) is 57.9. The quantitative estimate of drug-likeness (QED) is 0.0295. The summed E-state index contributed by atoms with van der Waals surface area (Å²) < 4.78 is 0. The molecular formula is C86H149N21O15. The van der Waals surface area contributed by atoms with Gasteiger partial charge in [0.25, 0.3) is 0 Å². The van der Waals surface area contributed by atoms with Gasteiger partial charge in [-0.3, -0.25) is 71.9 Å². The molecule has 688 valence electrons. The van der Waals surface area contributed by atoms with Gasteiger partial charge < -0.3 is 113 Å². The average Bonchev–Trinajstić information content (AvgIpc) is 1.64. The number of hydrogen-bond acceptors (Lipinski definition) is 21. The summed E-state index contributed by atoms with van der Waals surface area (Å²) in [5, 5.41) is 54.6. The van der Waals surface area contributed by atoms with Crippen molar-refractivity contribution in [3.8, 4) is 0 Å². The Morgan fingerprint density at radius 3 is 0.746 bits per heavy atom. The van der Waals surface area contributed by atoms with Crippen LogP contribution in [-0.2, 0) is 71.9 Å². The van der Waals surface area contributed by atoms with E-state index in [1.165, 1.54) is 0 Å². The molecule has 4 saturated carbocycles. The molecule has 0 unspecified atom stereocenters. The summed E-state index contributed by atoms with van der Waals surface area (Å²) in [5.41, 5.74) is 17.7. The Labute approximate surface area is 720 Å². The molecule has 8 aliphatic rings. The Bertz CT molecular complexity index is 3590. The van der Waals surface area contributed by atoms with Crippen LogP contribution in [0.3, 0.4) is 0 Å². The number of unbranched alkanes of at least 4 members (excludes halogenated alkanes) is 1. The molecule has 4 aliphatic heterocycles. The molecule has 4 heterocycles. The van der Waals surface area contributed by atoms with Crippen molar-refractivity contribution >= 4 is 88.6 Å². The Hall–Kier alpha value is -8.19. The molecule has 8 fully saturated rings. The van der Waals surface area contributed by atoms with Crippen molar-refractivity contribution in [2.24, 2.45) is 100 Å². The number of carbonyl (C=O) groups is 15. The zero-order valence-electron chi connectivity index (χ0n) is 74.3. The SMILES string of the molecule is CC(C)C[C@H](NC(=O)[C@H]1CCC[C@@H]1NC(=O)[C@H](CCCCN)NC(=O)[C@H]1CCC[C@@H]1NC(=O)[C@H](CC(C)C)NC(=O)[C@H]1CNC[C@@H]1NC(=O)[C@H](CC(C)C)NC(=O)[C@H]1CCC[C@@H]1NC(=O)[C@H](CC(C)C)NC(=O)[C@H]1CNC[C@@H]1NC(=O)[C@H](CC(C)C)NC(=O)[C@H]1CCC[C@@H]1NC(=O)[C@H](CC(C)C)NC(=O)[C@H]1CNC[C@@H]1N)C(=O)N[C@H]1CNC[C@@H]1C(N)=O. The maximum absolute atomic E-state index is 14.6. The van der Waals surface area contributed by atoms with Crippen LogP contribution in [-0.4, -0.2) is 238 Å². The lowest BCUT2D eigenvalue weighted by atomic mass is 9.96. The third kappa shape index (κ3) is 29.2. The molecule has 36 heteroatoms. The monoisotopic (exact) mass is 1720 g/mol. The zero-order valence-corrected chi connectivity index (χ0v) is 74.3. The maximum Gasteiger partial charge on any atom is 0.242 e. The second kappa shape index (κ2) is 47.8.